The first-order valence-corrected chi connectivity index (χ1v) is 16.2. The molecule has 0 aromatic heterocycles. The molecule has 264 valence electrons. The van der Waals surface area contributed by atoms with Crippen LogP contribution in [0.1, 0.15) is 80.4 Å². The van der Waals surface area contributed by atoms with Gasteiger partial charge >= 0.3 is 12.1 Å². The van der Waals surface area contributed by atoms with Gasteiger partial charge in [0.15, 0.2) is 0 Å². The van der Waals surface area contributed by atoms with Gasteiger partial charge in [-0.1, -0.05) is 90.1 Å². The Morgan fingerprint density at radius 2 is 1.27 bits per heavy atom. The number of nitrogens with zero attached hydrogens (tertiary/aromatic N) is 2. The van der Waals surface area contributed by atoms with E-state index in [-0.39, 0.29) is 11.5 Å². The molecule has 0 aliphatic carbocycles. The Hall–Kier alpha value is -4.18. The van der Waals surface area contributed by atoms with Crippen LogP contribution in [0.15, 0.2) is 66.2 Å². The van der Waals surface area contributed by atoms with E-state index in [2.05, 4.69) is 5.32 Å². The minimum Gasteiger partial charge on any atom is -0.497 e. The van der Waals surface area contributed by atoms with E-state index in [0.717, 1.165) is 11.1 Å². The van der Waals surface area contributed by atoms with Crippen LogP contribution in [0.3, 0.4) is 0 Å². The quantitative estimate of drug-likeness (QED) is 0.243. The monoisotopic (exact) mass is 665 g/mol. The minimum atomic E-state index is -1.15. The third-order valence-electron chi connectivity index (χ3n) is 8.85. The van der Waals surface area contributed by atoms with Gasteiger partial charge < -0.3 is 14.6 Å². The first kappa shape index (κ1) is 40.0. The molecule has 0 unspecified atom stereocenters. The van der Waals surface area contributed by atoms with Crippen molar-refractivity contribution in [3.05, 3.63) is 77.4 Å². The number of likely N-dealkylation sites (N-methyl/N-ethyl adjacent to an activating group) is 2. The van der Waals surface area contributed by atoms with Crippen molar-refractivity contribution in [3.63, 3.8) is 0 Å². The maximum Gasteiger partial charge on any atom is 0.410 e. The predicted octanol–water partition coefficient (Wildman–Crippen LogP) is 6.18. The molecule has 0 aliphatic rings. The molecule has 2 N–H and O–H groups in total. The number of carboxylic acid groups (broad SMARTS) is 1. The van der Waals surface area contributed by atoms with Gasteiger partial charge in [0, 0.05) is 29.5 Å². The van der Waals surface area contributed by atoms with E-state index < -0.39 is 58.4 Å². The van der Waals surface area contributed by atoms with Crippen molar-refractivity contribution < 1.29 is 33.8 Å². The van der Waals surface area contributed by atoms with Gasteiger partial charge in [0.25, 0.3) is 0 Å². The summed E-state index contributed by atoms with van der Waals surface area (Å²) in [5, 5.41) is 12.4. The average molecular weight is 666 g/mol. The van der Waals surface area contributed by atoms with E-state index in [1.807, 2.05) is 88.9 Å². The smallest absolute Gasteiger partial charge is 0.410 e. The van der Waals surface area contributed by atoms with Gasteiger partial charge in [-0.25, -0.2) is 9.59 Å². The third kappa shape index (κ3) is 9.69. The zero-order valence-electron chi connectivity index (χ0n) is 30.9. The molecule has 0 radical (unpaired) electrons. The van der Waals surface area contributed by atoms with Crippen molar-refractivity contribution >= 4 is 23.9 Å². The van der Waals surface area contributed by atoms with Crippen molar-refractivity contribution in [1.29, 1.82) is 0 Å². The molecule has 3 atom stereocenters. The van der Waals surface area contributed by atoms with E-state index in [1.54, 1.807) is 53.1 Å². The lowest BCUT2D eigenvalue weighted by Gasteiger charge is -2.44. The minimum absolute atomic E-state index is 0.0926. The molecule has 0 fully saturated rings. The molecule has 10 heteroatoms. The number of methoxy groups -OCH3 is 1. The Labute approximate surface area is 286 Å². The van der Waals surface area contributed by atoms with Crippen LogP contribution < -0.4 is 10.1 Å². The van der Waals surface area contributed by atoms with Crippen LogP contribution in [-0.4, -0.2) is 83.7 Å². The number of aliphatic carboxylic acids is 1. The molecule has 2 aromatic carbocycles. The van der Waals surface area contributed by atoms with E-state index in [4.69, 9.17) is 9.47 Å². The first-order valence-electron chi connectivity index (χ1n) is 16.2. The largest absolute Gasteiger partial charge is 0.497 e. The van der Waals surface area contributed by atoms with Crippen LogP contribution in [0.2, 0.25) is 0 Å². The van der Waals surface area contributed by atoms with Gasteiger partial charge in [0.1, 0.15) is 17.4 Å². The van der Waals surface area contributed by atoms with Gasteiger partial charge in [-0.15, -0.1) is 0 Å². The Balaban J connectivity index is 2.72. The second-order valence-corrected chi connectivity index (χ2v) is 14.8. The molecule has 0 saturated carbocycles. The maximum absolute atomic E-state index is 14.6. The highest BCUT2D eigenvalue weighted by Gasteiger charge is 2.47. The summed E-state index contributed by atoms with van der Waals surface area (Å²) in [4.78, 5) is 57.3. The number of amides is 3. The topological polar surface area (TPSA) is 125 Å². The lowest BCUT2D eigenvalue weighted by Crippen LogP contribution is -2.63. The molecule has 0 spiro atoms. The average Bonchev–Trinajstić information content (AvgIpc) is 2.98. The molecule has 0 heterocycles. The van der Waals surface area contributed by atoms with Gasteiger partial charge in [-0.3, -0.25) is 24.7 Å². The van der Waals surface area contributed by atoms with E-state index in [1.165, 1.54) is 18.9 Å². The van der Waals surface area contributed by atoms with Crippen molar-refractivity contribution in [1.82, 2.24) is 15.1 Å². The summed E-state index contributed by atoms with van der Waals surface area (Å²) in [5.41, 5.74) is -0.938. The molecule has 0 aliphatic heterocycles. The number of ether oxygens (including phenoxy) is 2. The summed E-state index contributed by atoms with van der Waals surface area (Å²) < 4.78 is 11.0. The third-order valence-corrected chi connectivity index (χ3v) is 8.85. The summed E-state index contributed by atoms with van der Waals surface area (Å²) in [5.74, 6) is -1.78. The van der Waals surface area contributed by atoms with Gasteiger partial charge in [-0.05, 0) is 63.9 Å². The highest BCUT2D eigenvalue weighted by molar-refractivity contribution is 6.02. The Kier molecular flexibility index (Phi) is 13.2. The summed E-state index contributed by atoms with van der Waals surface area (Å²) in [6, 6.07) is 14.1. The number of hydrogen-bond donors (Lipinski definition) is 2. The Morgan fingerprint density at radius 1 is 0.792 bits per heavy atom. The number of benzene rings is 2. The zero-order valence-corrected chi connectivity index (χ0v) is 30.9. The highest BCUT2D eigenvalue weighted by Crippen LogP contribution is 2.35. The fourth-order valence-electron chi connectivity index (χ4n) is 6.19. The summed E-state index contributed by atoms with van der Waals surface area (Å²) in [7, 11) is 4.82. The molecule has 2 rings (SSSR count). The molecule has 48 heavy (non-hydrogen) atoms. The summed E-state index contributed by atoms with van der Waals surface area (Å²) in [6.07, 6.45) is 0.928. The first-order chi connectivity index (χ1) is 22.1. The Morgan fingerprint density at radius 3 is 1.73 bits per heavy atom. The van der Waals surface area contributed by atoms with Crippen LogP contribution >= 0.6 is 0 Å². The molecular weight excluding hydrogens is 610 g/mol. The maximum atomic E-state index is 14.6. The van der Waals surface area contributed by atoms with Crippen LogP contribution in [-0.2, 0) is 30.0 Å². The Bertz CT molecular complexity index is 1460. The van der Waals surface area contributed by atoms with Crippen LogP contribution in [0.5, 0.6) is 5.75 Å². The molecule has 0 bridgehead atoms. The van der Waals surface area contributed by atoms with Crippen molar-refractivity contribution in [2.75, 3.05) is 21.2 Å². The number of hydrogen-bond acceptors (Lipinski definition) is 7. The fourth-order valence-corrected chi connectivity index (χ4v) is 6.19. The van der Waals surface area contributed by atoms with Crippen LogP contribution in [0.4, 0.5) is 4.79 Å². The van der Waals surface area contributed by atoms with Crippen molar-refractivity contribution in [2.24, 2.45) is 5.92 Å². The molecule has 3 amide bonds. The molecule has 2 aromatic rings. The normalized spacial score (nSPS) is 14.6. The van der Waals surface area contributed by atoms with Gasteiger partial charge in [0.2, 0.25) is 11.8 Å². The van der Waals surface area contributed by atoms with E-state index >= 15 is 0 Å². The molecular formula is C38H55N3O7. The zero-order chi connectivity index (χ0) is 36.8. The summed E-state index contributed by atoms with van der Waals surface area (Å²) in [6.45, 7) is 18.1. The van der Waals surface area contributed by atoms with Gasteiger partial charge in [0.05, 0.1) is 13.2 Å². The second-order valence-electron chi connectivity index (χ2n) is 14.8. The summed E-state index contributed by atoms with van der Waals surface area (Å²) >= 11 is 0. The SMILES string of the molecule is COc1ccc(C(C)(C)[C@@H](C(=O)NC(=O)[C@@H](N(C)C(=O)OC(C)(C)C)C(C)(C)c2ccccc2)N(C)[C@H](/C=C(\C)C(=O)O)C(C)C)cc1. The van der Waals surface area contributed by atoms with Gasteiger partial charge in [-0.2, -0.15) is 0 Å². The lowest BCUT2D eigenvalue weighted by molar-refractivity contribution is -0.139. The fraction of sp³-hybridized carbons (Fsp3) is 0.526. The molecule has 0 saturated heterocycles. The van der Waals surface area contributed by atoms with Crippen molar-refractivity contribution in [2.45, 2.75) is 104 Å². The van der Waals surface area contributed by atoms with Crippen molar-refractivity contribution in [3.8, 4) is 5.75 Å². The second kappa shape index (κ2) is 15.8. The van der Waals surface area contributed by atoms with E-state index in [9.17, 15) is 24.3 Å². The number of imide groups is 1. The van der Waals surface area contributed by atoms with Crippen LogP contribution in [0, 0.1) is 5.92 Å². The highest BCUT2D eigenvalue weighted by atomic mass is 16.6. The number of nitrogens with one attached hydrogen (secondary N) is 1. The standard InChI is InChI=1S/C38H55N3O7/c1-24(2)29(23-25(3)34(44)45)40(11)30(38(9,10)27-19-21-28(47-13)22-20-27)32(42)39-33(43)31(41(12)35(46)48-36(4,5)6)37(7,8)26-17-15-14-16-18-26/h14-24,29-31H,1-13H3,(H,44,45)(H,39,42,43)/b25-23+/t29-,30-,31-/m1/s1. The van der Waals surface area contributed by atoms with Crippen LogP contribution in [0.25, 0.3) is 0 Å². The van der Waals surface area contributed by atoms with E-state index in [0.29, 0.717) is 5.75 Å². The number of carboxylic acids is 1. The number of carbonyl (C=O) groups is 4. The number of rotatable bonds is 13. The number of carbonyl (C=O) groups excluding carboxylic acids is 3. The lowest BCUT2D eigenvalue weighted by atomic mass is 9.75. The predicted molar refractivity (Wildman–Crippen MR) is 188 cm³/mol. The molecule has 10 nitrogen and oxygen atoms in total.